The molecule has 0 bridgehead atoms. The molecular weight excluding hydrogens is 328 g/mol. The summed E-state index contributed by atoms with van der Waals surface area (Å²) in [6.07, 6.45) is 0. The number of hydrogen-bond donors (Lipinski definition) is 1. The van der Waals surface area contributed by atoms with Gasteiger partial charge in [0.15, 0.2) is 5.43 Å². The molecule has 0 spiro atoms. The van der Waals surface area contributed by atoms with E-state index in [0.29, 0.717) is 11.1 Å². The van der Waals surface area contributed by atoms with Gasteiger partial charge in [-0.3, -0.25) is 9.36 Å². The molecule has 0 unspecified atom stereocenters. The molecule has 0 radical (unpaired) electrons. The third-order valence-electron chi connectivity index (χ3n) is 3.32. The lowest BCUT2D eigenvalue weighted by atomic mass is 10.2. The molecule has 3 aromatic rings. The minimum absolute atomic E-state index is 0.121. The van der Waals surface area contributed by atoms with E-state index >= 15 is 0 Å². The second kappa shape index (κ2) is 5.26. The number of pyridine rings is 2. The Bertz CT molecular complexity index is 969. The Balaban J connectivity index is 2.48. The molecule has 0 fully saturated rings. The summed E-state index contributed by atoms with van der Waals surface area (Å²) in [6.45, 7) is 1.67. The predicted molar refractivity (Wildman–Crippen MR) is 86.5 cm³/mol. The van der Waals surface area contributed by atoms with Gasteiger partial charge in [-0.15, -0.1) is 0 Å². The Morgan fingerprint density at radius 1 is 1.23 bits per heavy atom. The van der Waals surface area contributed by atoms with Crippen LogP contribution in [-0.4, -0.2) is 9.55 Å². The van der Waals surface area contributed by atoms with Gasteiger partial charge in [-0.25, -0.2) is 9.37 Å². The van der Waals surface area contributed by atoms with Crippen LogP contribution in [0.4, 0.5) is 10.1 Å². The first-order valence-electron chi connectivity index (χ1n) is 6.32. The van der Waals surface area contributed by atoms with E-state index in [4.69, 9.17) is 28.9 Å². The van der Waals surface area contributed by atoms with Crippen LogP contribution in [0.2, 0.25) is 10.2 Å². The maximum absolute atomic E-state index is 14.3. The van der Waals surface area contributed by atoms with Crippen molar-refractivity contribution in [1.82, 2.24) is 9.55 Å². The summed E-state index contributed by atoms with van der Waals surface area (Å²) in [6, 6.07) is 7.00. The molecule has 2 aromatic heterocycles. The predicted octanol–water partition coefficient (Wildman–Crippen LogP) is 3.72. The molecule has 0 amide bonds. The summed E-state index contributed by atoms with van der Waals surface area (Å²) in [7, 11) is 0. The zero-order valence-corrected chi connectivity index (χ0v) is 12.9. The smallest absolute Gasteiger partial charge is 0.191 e. The standard InChI is InChI=1S/C15H10Cl2FN3O/c1-7-4-13(22)8-2-3-14(17)20-15(8)21(7)12-6-11(19)9(16)5-10(12)18/h2-6H,19H2,1H3. The number of nitrogens with two attached hydrogens (primary N) is 1. The molecule has 0 atom stereocenters. The average Bonchev–Trinajstić information content (AvgIpc) is 2.43. The maximum atomic E-state index is 14.3. The molecule has 22 heavy (non-hydrogen) atoms. The first-order valence-corrected chi connectivity index (χ1v) is 7.08. The van der Waals surface area contributed by atoms with E-state index in [1.54, 1.807) is 13.0 Å². The van der Waals surface area contributed by atoms with E-state index in [0.717, 1.165) is 6.07 Å². The van der Waals surface area contributed by atoms with E-state index in [1.807, 2.05) is 0 Å². The van der Waals surface area contributed by atoms with Crippen molar-refractivity contribution in [1.29, 1.82) is 0 Å². The third kappa shape index (κ3) is 2.32. The molecule has 112 valence electrons. The van der Waals surface area contributed by atoms with Gasteiger partial charge >= 0.3 is 0 Å². The summed E-state index contributed by atoms with van der Waals surface area (Å²) in [5, 5.41) is 0.659. The van der Waals surface area contributed by atoms with Crippen LogP contribution in [0.5, 0.6) is 0 Å². The Morgan fingerprint density at radius 3 is 2.68 bits per heavy atom. The fourth-order valence-electron chi connectivity index (χ4n) is 2.32. The van der Waals surface area contributed by atoms with Crippen molar-refractivity contribution in [2.75, 3.05) is 5.73 Å². The van der Waals surface area contributed by atoms with Gasteiger partial charge < -0.3 is 5.73 Å². The van der Waals surface area contributed by atoms with E-state index in [-0.39, 0.29) is 32.6 Å². The number of nitrogens with zero attached hydrogens (tertiary/aromatic N) is 2. The molecule has 0 aliphatic heterocycles. The number of halogens is 3. The molecule has 1 aromatic carbocycles. The minimum atomic E-state index is -0.575. The van der Waals surface area contributed by atoms with Crippen LogP contribution >= 0.6 is 23.2 Å². The number of anilines is 1. The number of benzene rings is 1. The van der Waals surface area contributed by atoms with Crippen molar-refractivity contribution < 1.29 is 4.39 Å². The van der Waals surface area contributed by atoms with Crippen molar-refractivity contribution in [2.24, 2.45) is 0 Å². The van der Waals surface area contributed by atoms with Gasteiger partial charge in [-0.1, -0.05) is 23.2 Å². The SMILES string of the molecule is Cc1cc(=O)c2ccc(Cl)nc2n1-c1cc(N)c(Cl)cc1F. The average molecular weight is 338 g/mol. The lowest BCUT2D eigenvalue weighted by Gasteiger charge is -2.15. The fourth-order valence-corrected chi connectivity index (χ4v) is 2.61. The molecule has 3 rings (SSSR count). The summed E-state index contributed by atoms with van der Waals surface area (Å²) in [4.78, 5) is 16.2. The van der Waals surface area contributed by atoms with Gasteiger partial charge in [-0.05, 0) is 31.2 Å². The van der Waals surface area contributed by atoms with Crippen LogP contribution in [0.3, 0.4) is 0 Å². The molecule has 0 saturated heterocycles. The van der Waals surface area contributed by atoms with E-state index in [1.165, 1.54) is 22.8 Å². The fraction of sp³-hybridized carbons (Fsp3) is 0.0667. The van der Waals surface area contributed by atoms with E-state index < -0.39 is 5.82 Å². The molecule has 7 heteroatoms. The quantitative estimate of drug-likeness (QED) is 0.543. The van der Waals surface area contributed by atoms with Crippen molar-refractivity contribution >= 4 is 39.9 Å². The molecular formula is C15H10Cl2FN3O. The highest BCUT2D eigenvalue weighted by atomic mass is 35.5. The highest BCUT2D eigenvalue weighted by molar-refractivity contribution is 6.33. The normalized spacial score (nSPS) is 11.1. The van der Waals surface area contributed by atoms with Crippen molar-refractivity contribution in [3.05, 3.63) is 62.2 Å². The maximum Gasteiger partial charge on any atom is 0.191 e. The third-order valence-corrected chi connectivity index (χ3v) is 3.86. The molecule has 2 N–H and O–H groups in total. The van der Waals surface area contributed by atoms with Crippen molar-refractivity contribution in [2.45, 2.75) is 6.92 Å². The van der Waals surface area contributed by atoms with Gasteiger partial charge in [0, 0.05) is 11.8 Å². The van der Waals surface area contributed by atoms with Gasteiger partial charge in [0.05, 0.1) is 21.8 Å². The van der Waals surface area contributed by atoms with Crippen molar-refractivity contribution in [3.8, 4) is 5.69 Å². The summed E-state index contributed by atoms with van der Waals surface area (Å²) >= 11 is 11.7. The summed E-state index contributed by atoms with van der Waals surface area (Å²) in [5.41, 5.74) is 6.70. The van der Waals surface area contributed by atoms with Crippen LogP contribution in [0.25, 0.3) is 16.7 Å². The largest absolute Gasteiger partial charge is 0.397 e. The van der Waals surface area contributed by atoms with E-state index in [2.05, 4.69) is 4.98 Å². The van der Waals surface area contributed by atoms with Crippen LogP contribution in [0.15, 0.2) is 35.1 Å². The Hall–Kier alpha value is -2.11. The molecule has 0 aliphatic rings. The van der Waals surface area contributed by atoms with Crippen LogP contribution in [0.1, 0.15) is 5.69 Å². The first kappa shape index (κ1) is 14.8. The Labute approximate surface area is 134 Å². The second-order valence-corrected chi connectivity index (χ2v) is 5.61. The van der Waals surface area contributed by atoms with Gasteiger partial charge in [-0.2, -0.15) is 0 Å². The number of rotatable bonds is 1. The number of nitrogen functional groups attached to an aromatic ring is 1. The summed E-state index contributed by atoms with van der Waals surface area (Å²) < 4.78 is 15.8. The molecule has 4 nitrogen and oxygen atoms in total. The lowest BCUT2D eigenvalue weighted by Crippen LogP contribution is -2.13. The van der Waals surface area contributed by atoms with Crippen LogP contribution in [-0.2, 0) is 0 Å². The van der Waals surface area contributed by atoms with Gasteiger partial charge in [0.2, 0.25) is 0 Å². The number of fused-ring (bicyclic) bond motifs is 1. The van der Waals surface area contributed by atoms with Crippen LogP contribution < -0.4 is 11.2 Å². The molecule has 2 heterocycles. The highest BCUT2D eigenvalue weighted by Gasteiger charge is 2.15. The van der Waals surface area contributed by atoms with E-state index in [9.17, 15) is 9.18 Å². The van der Waals surface area contributed by atoms with Gasteiger partial charge in [0.25, 0.3) is 0 Å². The topological polar surface area (TPSA) is 60.9 Å². The summed E-state index contributed by atoms with van der Waals surface area (Å²) in [5.74, 6) is -0.575. The number of aryl methyl sites for hydroxylation is 1. The monoisotopic (exact) mass is 337 g/mol. The highest BCUT2D eigenvalue weighted by Crippen LogP contribution is 2.28. The number of hydrogen-bond acceptors (Lipinski definition) is 3. The second-order valence-electron chi connectivity index (χ2n) is 4.82. The minimum Gasteiger partial charge on any atom is -0.397 e. The molecule has 0 saturated carbocycles. The zero-order valence-electron chi connectivity index (χ0n) is 11.4. The zero-order chi connectivity index (χ0) is 16.0. The number of aromatic nitrogens is 2. The first-order chi connectivity index (χ1) is 10.4. The Kier molecular flexibility index (Phi) is 3.54. The molecule has 0 aliphatic carbocycles. The lowest BCUT2D eigenvalue weighted by molar-refractivity contribution is 0.618. The van der Waals surface area contributed by atoms with Crippen LogP contribution in [0, 0.1) is 12.7 Å². The Morgan fingerprint density at radius 2 is 1.95 bits per heavy atom. The van der Waals surface area contributed by atoms with Gasteiger partial charge in [0.1, 0.15) is 16.6 Å². The van der Waals surface area contributed by atoms with Crippen molar-refractivity contribution in [3.63, 3.8) is 0 Å².